The Balaban J connectivity index is 1.19. The predicted molar refractivity (Wildman–Crippen MR) is 161 cm³/mol. The van der Waals surface area contributed by atoms with Crippen LogP contribution >= 0.6 is 0 Å². The minimum atomic E-state index is 0.514. The van der Waals surface area contributed by atoms with Crippen LogP contribution in [-0.2, 0) is 6.54 Å². The van der Waals surface area contributed by atoms with Crippen molar-refractivity contribution in [3.8, 4) is 6.07 Å². The largest absolute Gasteiger partial charge is 0.361 e. The molecule has 1 saturated heterocycles. The van der Waals surface area contributed by atoms with E-state index in [2.05, 4.69) is 92.9 Å². The van der Waals surface area contributed by atoms with Gasteiger partial charge in [0.2, 0.25) is 0 Å². The van der Waals surface area contributed by atoms with Crippen LogP contribution in [0.3, 0.4) is 0 Å². The molecule has 200 valence electrons. The molecule has 3 heterocycles. The van der Waals surface area contributed by atoms with Gasteiger partial charge in [0.1, 0.15) is 6.07 Å². The first kappa shape index (κ1) is 26.6. The molecule has 0 aliphatic carbocycles. The van der Waals surface area contributed by atoms with Crippen LogP contribution in [0.1, 0.15) is 34.2 Å². The number of aromatic nitrogens is 2. The molecule has 0 bridgehead atoms. The van der Waals surface area contributed by atoms with Gasteiger partial charge in [-0.25, -0.2) is 0 Å². The van der Waals surface area contributed by atoms with Crippen molar-refractivity contribution in [3.05, 3.63) is 88.9 Å². The molecule has 1 aliphatic rings. The summed E-state index contributed by atoms with van der Waals surface area (Å²) in [6, 6.07) is 17.1. The Kier molecular flexibility index (Phi) is 8.69. The number of fused-ring (bicyclic) bond motifs is 1. The third-order valence-electron chi connectivity index (χ3n) is 7.55. The average molecular weight is 520 g/mol. The number of pyridine rings is 1. The maximum Gasteiger partial charge on any atom is 0.103 e. The molecule has 1 fully saturated rings. The SMILES string of the molecule is Cc1c(Nc2c(C#N)cncc2/C=C/c2ccc(CNCCCN3CCN(C)CC3)cc2)ccc2[nH]ccc12. The van der Waals surface area contributed by atoms with E-state index in [1.165, 1.54) is 44.7 Å². The molecule has 2 aromatic heterocycles. The fraction of sp³-hybridized carbons (Fsp3) is 0.312. The fourth-order valence-corrected chi connectivity index (χ4v) is 5.05. The quantitative estimate of drug-likeness (QED) is 0.244. The fourth-order valence-electron chi connectivity index (χ4n) is 5.05. The van der Waals surface area contributed by atoms with Crippen molar-refractivity contribution >= 4 is 34.4 Å². The predicted octanol–water partition coefficient (Wildman–Crippen LogP) is 5.38. The van der Waals surface area contributed by atoms with Crippen LogP contribution in [0.5, 0.6) is 0 Å². The van der Waals surface area contributed by atoms with Gasteiger partial charge in [-0.3, -0.25) is 4.98 Å². The molecule has 7 nitrogen and oxygen atoms in total. The molecule has 4 aromatic rings. The normalized spacial score (nSPS) is 14.7. The number of aromatic amines is 1. The molecule has 0 saturated carbocycles. The number of nitrogens with zero attached hydrogens (tertiary/aromatic N) is 4. The molecule has 0 amide bonds. The monoisotopic (exact) mass is 519 g/mol. The van der Waals surface area contributed by atoms with Crippen molar-refractivity contribution < 1.29 is 0 Å². The lowest BCUT2D eigenvalue weighted by atomic mass is 10.1. The topological polar surface area (TPSA) is 83.0 Å². The van der Waals surface area contributed by atoms with E-state index in [1.807, 2.05) is 18.3 Å². The first-order valence-corrected chi connectivity index (χ1v) is 13.7. The Morgan fingerprint density at radius 1 is 1.03 bits per heavy atom. The van der Waals surface area contributed by atoms with Gasteiger partial charge < -0.3 is 25.4 Å². The summed E-state index contributed by atoms with van der Waals surface area (Å²) in [7, 11) is 2.20. The van der Waals surface area contributed by atoms with Gasteiger partial charge in [-0.1, -0.05) is 36.4 Å². The average Bonchev–Trinajstić information content (AvgIpc) is 3.45. The van der Waals surface area contributed by atoms with E-state index in [0.717, 1.165) is 52.1 Å². The Morgan fingerprint density at radius 3 is 2.64 bits per heavy atom. The lowest BCUT2D eigenvalue weighted by Gasteiger charge is -2.32. The first-order chi connectivity index (χ1) is 19.1. The van der Waals surface area contributed by atoms with Gasteiger partial charge in [-0.05, 0) is 68.4 Å². The zero-order valence-electron chi connectivity index (χ0n) is 22.9. The summed E-state index contributed by atoms with van der Waals surface area (Å²) in [5, 5.41) is 18.0. The summed E-state index contributed by atoms with van der Waals surface area (Å²) < 4.78 is 0. The van der Waals surface area contributed by atoms with E-state index in [-0.39, 0.29) is 0 Å². The van der Waals surface area contributed by atoms with Crippen LogP contribution in [0.25, 0.3) is 23.1 Å². The Bertz CT molecular complexity index is 1450. The van der Waals surface area contributed by atoms with Crippen molar-refractivity contribution in [1.29, 1.82) is 5.26 Å². The van der Waals surface area contributed by atoms with Crippen molar-refractivity contribution in [2.75, 3.05) is 51.6 Å². The summed E-state index contributed by atoms with van der Waals surface area (Å²) >= 11 is 0. The van der Waals surface area contributed by atoms with Gasteiger partial charge in [0.25, 0.3) is 0 Å². The summed E-state index contributed by atoms with van der Waals surface area (Å²) in [5.41, 5.74) is 7.72. The second-order valence-corrected chi connectivity index (χ2v) is 10.3. The van der Waals surface area contributed by atoms with Crippen LogP contribution in [0.2, 0.25) is 0 Å². The van der Waals surface area contributed by atoms with Crippen LogP contribution in [-0.4, -0.2) is 66.1 Å². The molecule has 0 atom stereocenters. The highest BCUT2D eigenvalue weighted by atomic mass is 15.2. The summed E-state index contributed by atoms with van der Waals surface area (Å²) in [6.07, 6.45) is 10.6. The minimum absolute atomic E-state index is 0.514. The number of aryl methyl sites for hydroxylation is 1. The molecule has 0 spiro atoms. The van der Waals surface area contributed by atoms with Crippen molar-refractivity contribution in [3.63, 3.8) is 0 Å². The molecule has 3 N–H and O–H groups in total. The second-order valence-electron chi connectivity index (χ2n) is 10.3. The van der Waals surface area contributed by atoms with E-state index in [1.54, 1.807) is 12.4 Å². The van der Waals surface area contributed by atoms with Crippen molar-refractivity contribution in [2.24, 2.45) is 0 Å². The molecule has 0 radical (unpaired) electrons. The molecule has 0 unspecified atom stereocenters. The van der Waals surface area contributed by atoms with Crippen LogP contribution in [0.4, 0.5) is 11.4 Å². The maximum atomic E-state index is 9.76. The highest BCUT2D eigenvalue weighted by Crippen LogP contribution is 2.31. The lowest BCUT2D eigenvalue weighted by Crippen LogP contribution is -2.45. The molecular formula is C32H37N7. The summed E-state index contributed by atoms with van der Waals surface area (Å²) in [4.78, 5) is 12.5. The number of H-pyrrole nitrogens is 1. The number of piperazine rings is 1. The number of hydrogen-bond donors (Lipinski definition) is 3. The zero-order chi connectivity index (χ0) is 27.0. The lowest BCUT2D eigenvalue weighted by molar-refractivity contribution is 0.153. The highest BCUT2D eigenvalue weighted by molar-refractivity contribution is 5.90. The third kappa shape index (κ3) is 6.73. The van der Waals surface area contributed by atoms with Gasteiger partial charge in [0, 0.05) is 73.5 Å². The second kappa shape index (κ2) is 12.7. The third-order valence-corrected chi connectivity index (χ3v) is 7.55. The van der Waals surface area contributed by atoms with Crippen molar-refractivity contribution in [2.45, 2.75) is 19.9 Å². The number of rotatable bonds is 10. The van der Waals surface area contributed by atoms with Gasteiger partial charge in [-0.15, -0.1) is 0 Å². The Morgan fingerprint density at radius 2 is 1.85 bits per heavy atom. The van der Waals surface area contributed by atoms with E-state index < -0.39 is 0 Å². The van der Waals surface area contributed by atoms with E-state index in [0.29, 0.717) is 5.56 Å². The summed E-state index contributed by atoms with van der Waals surface area (Å²) in [5.74, 6) is 0. The molecular weight excluding hydrogens is 482 g/mol. The van der Waals surface area contributed by atoms with Gasteiger partial charge >= 0.3 is 0 Å². The number of benzene rings is 2. The van der Waals surface area contributed by atoms with Crippen molar-refractivity contribution in [1.82, 2.24) is 25.1 Å². The first-order valence-electron chi connectivity index (χ1n) is 13.7. The van der Waals surface area contributed by atoms with Crippen LogP contribution in [0, 0.1) is 18.3 Å². The summed E-state index contributed by atoms with van der Waals surface area (Å²) in [6.45, 7) is 9.88. The van der Waals surface area contributed by atoms with Crippen LogP contribution < -0.4 is 10.6 Å². The number of anilines is 2. The minimum Gasteiger partial charge on any atom is -0.361 e. The molecule has 1 aliphatic heterocycles. The molecule has 39 heavy (non-hydrogen) atoms. The van der Waals surface area contributed by atoms with E-state index in [9.17, 15) is 5.26 Å². The van der Waals surface area contributed by atoms with E-state index in [4.69, 9.17) is 0 Å². The highest BCUT2D eigenvalue weighted by Gasteiger charge is 2.13. The molecule has 5 rings (SSSR count). The van der Waals surface area contributed by atoms with Gasteiger partial charge in [-0.2, -0.15) is 5.26 Å². The molecule has 2 aromatic carbocycles. The smallest absolute Gasteiger partial charge is 0.103 e. The Hall–Kier alpha value is -3.96. The number of hydrogen-bond acceptors (Lipinski definition) is 6. The van der Waals surface area contributed by atoms with Gasteiger partial charge in [0.05, 0.1) is 11.3 Å². The number of nitriles is 1. The zero-order valence-corrected chi connectivity index (χ0v) is 22.9. The van der Waals surface area contributed by atoms with Gasteiger partial charge in [0.15, 0.2) is 0 Å². The molecule has 7 heteroatoms. The number of nitrogens with one attached hydrogen (secondary N) is 3. The Labute approximate surface area is 231 Å². The van der Waals surface area contributed by atoms with E-state index >= 15 is 0 Å². The standard InChI is InChI=1S/C32H37N7/c1-24-29-12-14-36-31(29)11-10-30(24)37-32-27(22-35-23-28(32)20-33)9-8-25-4-6-26(7-5-25)21-34-13-3-15-39-18-16-38(2)17-19-39/h4-12,14,22-23,34,36H,3,13,15-19,21H2,1-2H3,(H,35,37)/b9-8+. The maximum absolute atomic E-state index is 9.76. The number of likely N-dealkylation sites (N-methyl/N-ethyl adjacent to an activating group) is 1. The van der Waals surface area contributed by atoms with Crippen LogP contribution in [0.15, 0.2) is 61.1 Å².